The Morgan fingerprint density at radius 1 is 1.41 bits per heavy atom. The Hall–Kier alpha value is -1.79. The van der Waals surface area contributed by atoms with Gasteiger partial charge in [0.25, 0.3) is 5.91 Å². The van der Waals surface area contributed by atoms with Crippen LogP contribution in [0.25, 0.3) is 0 Å². The van der Waals surface area contributed by atoms with E-state index in [-0.39, 0.29) is 24.2 Å². The number of hydrogen-bond acceptors (Lipinski definition) is 2. The topological polar surface area (TPSA) is 33.5 Å². The zero-order chi connectivity index (χ0) is 15.7. The van der Waals surface area contributed by atoms with Crippen molar-refractivity contribution in [2.45, 2.75) is 19.4 Å². The van der Waals surface area contributed by atoms with Gasteiger partial charge in [-0.3, -0.25) is 4.79 Å². The summed E-state index contributed by atoms with van der Waals surface area (Å²) in [6, 6.07) is 5.51. The number of carbonyl (C=O) groups excluding carboxylic acids is 1. The number of amides is 1. The molecule has 0 saturated heterocycles. The summed E-state index contributed by atoms with van der Waals surface area (Å²) >= 11 is 1.76. The molecule has 0 bridgehead atoms. The van der Waals surface area contributed by atoms with Crippen LogP contribution >= 0.6 is 11.3 Å². The highest BCUT2D eigenvalue weighted by Gasteiger charge is 2.29. The molecule has 22 heavy (non-hydrogen) atoms. The number of nitrogens with one attached hydrogen (secondary N) is 2. The lowest BCUT2D eigenvalue weighted by atomic mass is 10.0. The molecule has 1 unspecified atom stereocenters. The fourth-order valence-corrected chi connectivity index (χ4v) is 3.86. The van der Waals surface area contributed by atoms with Crippen LogP contribution in [0.1, 0.15) is 23.4 Å². The maximum absolute atomic E-state index is 13.6. The molecule has 1 aliphatic heterocycles. The Kier molecular flexibility index (Phi) is 4.22. The molecule has 3 nitrogen and oxygen atoms in total. The van der Waals surface area contributed by atoms with Crippen LogP contribution in [-0.4, -0.2) is 19.0 Å². The molecule has 6 heteroatoms. The number of carbonyl (C=O) groups is 1. The highest BCUT2D eigenvalue weighted by atomic mass is 32.1. The zero-order valence-electron chi connectivity index (χ0n) is 12.2. The van der Waals surface area contributed by atoms with Gasteiger partial charge in [0.1, 0.15) is 17.7 Å². The summed E-state index contributed by atoms with van der Waals surface area (Å²) in [7, 11) is 0. The normalized spacial score (nSPS) is 20.5. The quantitative estimate of drug-likeness (QED) is 0.892. The van der Waals surface area contributed by atoms with Crippen LogP contribution in [0, 0.1) is 11.6 Å². The summed E-state index contributed by atoms with van der Waals surface area (Å²) in [5.74, 6) is -1.67. The fraction of sp³-hybridized carbons (Fsp3) is 0.312. The molecule has 116 valence electrons. The van der Waals surface area contributed by atoms with E-state index >= 15 is 0 Å². The maximum Gasteiger partial charge on any atom is 0.279 e. The minimum atomic E-state index is -0.754. The Labute approximate surface area is 131 Å². The van der Waals surface area contributed by atoms with Crippen LogP contribution in [0.15, 0.2) is 29.6 Å². The van der Waals surface area contributed by atoms with Crippen molar-refractivity contribution < 1.29 is 18.5 Å². The largest absolute Gasteiger partial charge is 0.321 e. The van der Waals surface area contributed by atoms with Gasteiger partial charge in [-0.25, -0.2) is 8.78 Å². The Morgan fingerprint density at radius 3 is 3.00 bits per heavy atom. The van der Waals surface area contributed by atoms with E-state index in [9.17, 15) is 13.6 Å². The van der Waals surface area contributed by atoms with Crippen LogP contribution < -0.4 is 10.2 Å². The smallest absolute Gasteiger partial charge is 0.279 e. The number of rotatable bonds is 3. The van der Waals surface area contributed by atoms with Gasteiger partial charge in [0, 0.05) is 22.9 Å². The second-order valence-electron chi connectivity index (χ2n) is 5.53. The molecule has 0 aliphatic carbocycles. The van der Waals surface area contributed by atoms with Crippen LogP contribution in [0.3, 0.4) is 0 Å². The fourth-order valence-electron chi connectivity index (χ4n) is 2.88. The van der Waals surface area contributed by atoms with E-state index in [1.807, 2.05) is 0 Å². The van der Waals surface area contributed by atoms with Crippen molar-refractivity contribution in [1.82, 2.24) is 0 Å². The first-order valence-corrected chi connectivity index (χ1v) is 8.08. The lowest BCUT2D eigenvalue weighted by Gasteiger charge is -2.29. The third-order valence-corrected chi connectivity index (χ3v) is 5.12. The maximum atomic E-state index is 13.6. The lowest BCUT2D eigenvalue weighted by Crippen LogP contribution is -3.14. The van der Waals surface area contributed by atoms with Gasteiger partial charge in [-0.2, -0.15) is 0 Å². The molecule has 0 saturated carbocycles. The van der Waals surface area contributed by atoms with Crippen molar-refractivity contribution in [2.75, 3.05) is 18.4 Å². The Balaban J connectivity index is 1.65. The number of anilines is 1. The Bertz CT molecular complexity index is 701. The van der Waals surface area contributed by atoms with Crippen molar-refractivity contribution in [1.29, 1.82) is 0 Å². The van der Waals surface area contributed by atoms with Gasteiger partial charge >= 0.3 is 0 Å². The Morgan fingerprint density at radius 2 is 2.23 bits per heavy atom. The van der Waals surface area contributed by atoms with Gasteiger partial charge in [-0.1, -0.05) is 0 Å². The van der Waals surface area contributed by atoms with Gasteiger partial charge in [-0.05, 0) is 30.5 Å². The molecule has 0 radical (unpaired) electrons. The molecule has 2 heterocycles. The minimum Gasteiger partial charge on any atom is -0.321 e. The van der Waals surface area contributed by atoms with Crippen LogP contribution in [-0.2, 0) is 11.2 Å². The van der Waals surface area contributed by atoms with Crippen LogP contribution in [0.4, 0.5) is 14.5 Å². The number of fused-ring (bicyclic) bond motifs is 1. The van der Waals surface area contributed by atoms with E-state index in [1.165, 1.54) is 16.5 Å². The second kappa shape index (κ2) is 6.14. The molecule has 1 amide bonds. The lowest BCUT2D eigenvalue weighted by molar-refractivity contribution is -0.923. The van der Waals surface area contributed by atoms with Crippen LogP contribution in [0.2, 0.25) is 0 Å². The average Bonchev–Trinajstić information content (AvgIpc) is 2.94. The molecule has 0 spiro atoms. The SMILES string of the molecule is C[C@@H]1c2ccsc2CC[NH+]1CC(=O)Nc1ccc(F)cc1F. The van der Waals surface area contributed by atoms with E-state index in [0.717, 1.165) is 30.0 Å². The molecule has 2 atom stereocenters. The first-order valence-electron chi connectivity index (χ1n) is 7.20. The molecule has 2 N–H and O–H groups in total. The summed E-state index contributed by atoms with van der Waals surface area (Å²) in [6.07, 6.45) is 0.963. The van der Waals surface area contributed by atoms with Crippen molar-refractivity contribution in [3.8, 4) is 0 Å². The predicted octanol–water partition coefficient (Wildman–Crippen LogP) is 2.17. The monoisotopic (exact) mass is 323 g/mol. The van der Waals surface area contributed by atoms with Gasteiger partial charge in [-0.15, -0.1) is 11.3 Å². The second-order valence-corrected chi connectivity index (χ2v) is 6.53. The predicted molar refractivity (Wildman–Crippen MR) is 82.1 cm³/mol. The molecular weight excluding hydrogens is 306 g/mol. The number of thiophene rings is 1. The molecule has 3 rings (SSSR count). The van der Waals surface area contributed by atoms with E-state index in [4.69, 9.17) is 0 Å². The standard InChI is InChI=1S/C16H16F2N2OS/c1-10-12-5-7-22-15(12)4-6-20(10)9-16(21)19-14-3-2-11(17)8-13(14)18/h2-3,5,7-8,10H,4,6,9H2,1H3,(H,19,21)/p+1/t10-/m1/s1. The highest BCUT2D eigenvalue weighted by molar-refractivity contribution is 7.10. The first kappa shape index (κ1) is 15.1. The number of benzene rings is 1. The van der Waals surface area contributed by atoms with Crippen molar-refractivity contribution in [2.24, 2.45) is 0 Å². The number of halogens is 2. The van der Waals surface area contributed by atoms with Crippen molar-refractivity contribution >= 4 is 22.9 Å². The van der Waals surface area contributed by atoms with Gasteiger partial charge in [0.2, 0.25) is 0 Å². The van der Waals surface area contributed by atoms with Gasteiger partial charge in [0.05, 0.1) is 12.2 Å². The molecule has 1 aromatic carbocycles. The summed E-state index contributed by atoms with van der Waals surface area (Å²) in [5, 5.41) is 4.61. The summed E-state index contributed by atoms with van der Waals surface area (Å²) in [4.78, 5) is 14.7. The third-order valence-electron chi connectivity index (χ3n) is 4.12. The summed E-state index contributed by atoms with van der Waals surface area (Å²) < 4.78 is 26.4. The summed E-state index contributed by atoms with van der Waals surface area (Å²) in [6.45, 7) is 3.26. The summed E-state index contributed by atoms with van der Waals surface area (Å²) in [5.41, 5.74) is 1.32. The van der Waals surface area contributed by atoms with Crippen molar-refractivity contribution in [3.05, 3.63) is 51.7 Å². The average molecular weight is 323 g/mol. The molecule has 1 aliphatic rings. The zero-order valence-corrected chi connectivity index (χ0v) is 13.0. The highest BCUT2D eigenvalue weighted by Crippen LogP contribution is 2.24. The number of hydrogen-bond donors (Lipinski definition) is 2. The number of quaternary nitrogens is 1. The first-order chi connectivity index (χ1) is 10.5. The third kappa shape index (κ3) is 3.03. The van der Waals surface area contributed by atoms with Gasteiger partial charge in [0.15, 0.2) is 6.54 Å². The van der Waals surface area contributed by atoms with Crippen LogP contribution in [0.5, 0.6) is 0 Å². The van der Waals surface area contributed by atoms with E-state index < -0.39 is 11.6 Å². The van der Waals surface area contributed by atoms with Crippen molar-refractivity contribution in [3.63, 3.8) is 0 Å². The van der Waals surface area contributed by atoms with E-state index in [1.54, 1.807) is 11.3 Å². The van der Waals surface area contributed by atoms with E-state index in [0.29, 0.717) is 0 Å². The van der Waals surface area contributed by atoms with E-state index in [2.05, 4.69) is 23.7 Å². The molecular formula is C16H17F2N2OS+. The molecule has 0 fully saturated rings. The molecule has 2 aromatic rings. The van der Waals surface area contributed by atoms with Gasteiger partial charge < -0.3 is 10.2 Å². The molecule has 1 aromatic heterocycles. The minimum absolute atomic E-state index is 0.0201.